The fraction of sp³-hybridized carbons (Fsp3) is 0.375. The average molecular weight is 182 g/mol. The van der Waals surface area contributed by atoms with Gasteiger partial charge in [-0.3, -0.25) is 15.1 Å². The van der Waals surface area contributed by atoms with E-state index in [2.05, 4.69) is 4.98 Å². The molecule has 0 radical (unpaired) electrons. The van der Waals surface area contributed by atoms with Crippen molar-refractivity contribution in [2.24, 2.45) is 0 Å². The summed E-state index contributed by atoms with van der Waals surface area (Å²) in [5.41, 5.74) is 0.403. The van der Waals surface area contributed by atoms with E-state index in [1.807, 2.05) is 6.92 Å². The fourth-order valence-corrected chi connectivity index (χ4v) is 0.912. The maximum Gasteiger partial charge on any atom is 0.287 e. The fourth-order valence-electron chi connectivity index (χ4n) is 0.912. The molecule has 1 atom stereocenters. The Balaban J connectivity index is 2.87. The summed E-state index contributed by atoms with van der Waals surface area (Å²) in [4.78, 5) is 13.5. The smallest absolute Gasteiger partial charge is 0.287 e. The van der Waals surface area contributed by atoms with Crippen molar-refractivity contribution in [2.45, 2.75) is 19.4 Å². The van der Waals surface area contributed by atoms with Gasteiger partial charge in [0.2, 0.25) is 0 Å². The molecule has 0 fully saturated rings. The average Bonchev–Trinajstić information content (AvgIpc) is 2.17. The molecule has 0 aliphatic heterocycles. The first kappa shape index (κ1) is 9.60. The van der Waals surface area contributed by atoms with E-state index in [0.29, 0.717) is 12.1 Å². The number of aliphatic hydroxyl groups excluding tert-OH is 1. The summed E-state index contributed by atoms with van der Waals surface area (Å²) in [5.74, 6) is 0. The minimum Gasteiger partial charge on any atom is -0.387 e. The molecule has 70 valence electrons. The number of rotatable bonds is 3. The molecule has 1 aromatic heterocycles. The lowest BCUT2D eigenvalue weighted by molar-refractivity contribution is -0.385. The second-order valence-corrected chi connectivity index (χ2v) is 2.62. The van der Waals surface area contributed by atoms with Gasteiger partial charge in [-0.1, -0.05) is 6.92 Å². The van der Waals surface area contributed by atoms with Crippen molar-refractivity contribution in [3.8, 4) is 0 Å². The molecular formula is C8H10N2O3. The summed E-state index contributed by atoms with van der Waals surface area (Å²) in [6.45, 7) is 1.81. The molecule has 0 aliphatic carbocycles. The standard InChI is InChI=1S/C8H10N2O3/c1-2-8(11)7-4-3-6(5-9-7)10(12)13/h3-5,8,11H,2H2,1H3. The number of nitrogens with zero attached hydrogens (tertiary/aromatic N) is 2. The van der Waals surface area contributed by atoms with Crippen LogP contribution < -0.4 is 0 Å². The van der Waals surface area contributed by atoms with Crippen LogP contribution in [0.3, 0.4) is 0 Å². The van der Waals surface area contributed by atoms with E-state index >= 15 is 0 Å². The van der Waals surface area contributed by atoms with Crippen LogP contribution in [0.2, 0.25) is 0 Å². The van der Waals surface area contributed by atoms with Gasteiger partial charge in [0.15, 0.2) is 0 Å². The molecule has 1 aromatic rings. The first-order valence-corrected chi connectivity index (χ1v) is 3.93. The van der Waals surface area contributed by atoms with E-state index in [4.69, 9.17) is 0 Å². The highest BCUT2D eigenvalue weighted by Crippen LogP contribution is 2.16. The second kappa shape index (κ2) is 3.95. The Morgan fingerprint density at radius 2 is 2.38 bits per heavy atom. The molecular weight excluding hydrogens is 172 g/mol. The van der Waals surface area contributed by atoms with Crippen molar-refractivity contribution in [1.82, 2.24) is 4.98 Å². The van der Waals surface area contributed by atoms with Crippen LogP contribution >= 0.6 is 0 Å². The molecule has 5 nitrogen and oxygen atoms in total. The van der Waals surface area contributed by atoms with Crippen LogP contribution in [0.4, 0.5) is 5.69 Å². The zero-order chi connectivity index (χ0) is 9.84. The van der Waals surface area contributed by atoms with Crippen molar-refractivity contribution >= 4 is 5.69 Å². The summed E-state index contributed by atoms with van der Waals surface area (Å²) in [6.07, 6.45) is 1.06. The summed E-state index contributed by atoms with van der Waals surface area (Å²) >= 11 is 0. The number of aromatic nitrogens is 1. The van der Waals surface area contributed by atoms with Gasteiger partial charge in [-0.2, -0.15) is 0 Å². The van der Waals surface area contributed by atoms with E-state index < -0.39 is 11.0 Å². The highest BCUT2D eigenvalue weighted by Gasteiger charge is 2.09. The molecule has 1 rings (SSSR count). The van der Waals surface area contributed by atoms with Gasteiger partial charge in [-0.05, 0) is 12.5 Å². The number of nitro groups is 1. The Kier molecular flexibility index (Phi) is 2.92. The summed E-state index contributed by atoms with van der Waals surface area (Å²) < 4.78 is 0. The quantitative estimate of drug-likeness (QED) is 0.566. The normalized spacial score (nSPS) is 12.5. The lowest BCUT2D eigenvalue weighted by atomic mass is 10.2. The van der Waals surface area contributed by atoms with Gasteiger partial charge in [0.1, 0.15) is 6.20 Å². The molecule has 0 aromatic carbocycles. The molecule has 0 amide bonds. The lowest BCUT2D eigenvalue weighted by Crippen LogP contribution is -1.99. The third-order valence-electron chi connectivity index (χ3n) is 1.71. The maximum atomic E-state index is 10.3. The maximum absolute atomic E-state index is 10.3. The summed E-state index contributed by atoms with van der Waals surface area (Å²) in [5, 5.41) is 19.6. The molecule has 0 saturated carbocycles. The second-order valence-electron chi connectivity index (χ2n) is 2.62. The van der Waals surface area contributed by atoms with Crippen LogP contribution in [0.1, 0.15) is 25.1 Å². The van der Waals surface area contributed by atoms with Crippen LogP contribution in [0.25, 0.3) is 0 Å². The number of aliphatic hydroxyl groups is 1. The zero-order valence-electron chi connectivity index (χ0n) is 7.17. The molecule has 0 aliphatic rings. The van der Waals surface area contributed by atoms with E-state index in [1.54, 1.807) is 0 Å². The molecule has 5 heteroatoms. The molecule has 0 bridgehead atoms. The predicted octanol–water partition coefficient (Wildman–Crippen LogP) is 1.43. The molecule has 1 heterocycles. The number of pyridine rings is 1. The largest absolute Gasteiger partial charge is 0.387 e. The van der Waals surface area contributed by atoms with Crippen molar-refractivity contribution in [3.05, 3.63) is 34.1 Å². The van der Waals surface area contributed by atoms with Crippen LogP contribution in [0.15, 0.2) is 18.3 Å². The topological polar surface area (TPSA) is 76.3 Å². The van der Waals surface area contributed by atoms with Gasteiger partial charge < -0.3 is 5.11 Å². The lowest BCUT2D eigenvalue weighted by Gasteiger charge is -2.04. The Morgan fingerprint density at radius 1 is 1.69 bits per heavy atom. The molecule has 13 heavy (non-hydrogen) atoms. The van der Waals surface area contributed by atoms with Gasteiger partial charge >= 0.3 is 0 Å². The van der Waals surface area contributed by atoms with Crippen LogP contribution in [-0.4, -0.2) is 15.0 Å². The minimum absolute atomic E-state index is 0.0629. The first-order chi connectivity index (χ1) is 6.15. The molecule has 1 N–H and O–H groups in total. The third kappa shape index (κ3) is 2.22. The highest BCUT2D eigenvalue weighted by atomic mass is 16.6. The van der Waals surface area contributed by atoms with Crippen molar-refractivity contribution in [2.75, 3.05) is 0 Å². The Hall–Kier alpha value is -1.49. The van der Waals surface area contributed by atoms with Crippen LogP contribution in [-0.2, 0) is 0 Å². The highest BCUT2D eigenvalue weighted by molar-refractivity contribution is 5.27. The van der Waals surface area contributed by atoms with Crippen molar-refractivity contribution in [1.29, 1.82) is 0 Å². The SMILES string of the molecule is CCC(O)c1ccc([N+](=O)[O-])cn1. The van der Waals surface area contributed by atoms with E-state index in [0.717, 1.165) is 6.20 Å². The monoisotopic (exact) mass is 182 g/mol. The molecule has 0 saturated heterocycles. The third-order valence-corrected chi connectivity index (χ3v) is 1.71. The minimum atomic E-state index is -0.638. The zero-order valence-corrected chi connectivity index (χ0v) is 7.17. The van der Waals surface area contributed by atoms with Crippen LogP contribution in [0.5, 0.6) is 0 Å². The van der Waals surface area contributed by atoms with Gasteiger partial charge in [0, 0.05) is 6.07 Å². The predicted molar refractivity (Wildman–Crippen MR) is 46.1 cm³/mol. The summed E-state index contributed by atoms with van der Waals surface area (Å²) in [6, 6.07) is 2.80. The van der Waals surface area contributed by atoms with E-state index in [1.165, 1.54) is 12.1 Å². The van der Waals surface area contributed by atoms with Crippen molar-refractivity contribution in [3.63, 3.8) is 0 Å². The molecule has 0 spiro atoms. The van der Waals surface area contributed by atoms with Gasteiger partial charge in [0.05, 0.1) is 16.7 Å². The number of hydrogen-bond donors (Lipinski definition) is 1. The first-order valence-electron chi connectivity index (χ1n) is 3.93. The van der Waals surface area contributed by atoms with E-state index in [-0.39, 0.29) is 5.69 Å². The molecule has 1 unspecified atom stereocenters. The van der Waals surface area contributed by atoms with Gasteiger partial charge in [-0.25, -0.2) is 0 Å². The van der Waals surface area contributed by atoms with E-state index in [9.17, 15) is 15.2 Å². The Morgan fingerprint density at radius 3 is 2.77 bits per heavy atom. The Bertz CT molecular complexity index is 297. The number of hydrogen-bond acceptors (Lipinski definition) is 4. The van der Waals surface area contributed by atoms with Crippen molar-refractivity contribution < 1.29 is 10.0 Å². The van der Waals surface area contributed by atoms with Crippen LogP contribution in [0, 0.1) is 10.1 Å². The Labute approximate surface area is 75.2 Å². The van der Waals surface area contributed by atoms with Gasteiger partial charge in [0.25, 0.3) is 5.69 Å². The summed E-state index contributed by atoms with van der Waals surface area (Å²) in [7, 11) is 0. The van der Waals surface area contributed by atoms with Gasteiger partial charge in [-0.15, -0.1) is 0 Å².